The molecule has 3 unspecified atom stereocenters. The number of nitrogens with one attached hydrogen (secondary N) is 1. The minimum Gasteiger partial charge on any atom is -0.450 e. The molecule has 3 atom stereocenters. The highest BCUT2D eigenvalue weighted by Crippen LogP contribution is 2.56. The third-order valence-electron chi connectivity index (χ3n) is 6.58. The number of carbonyl (C=O) groups is 1. The van der Waals surface area contributed by atoms with Gasteiger partial charge < -0.3 is 10.1 Å². The number of hydrogen-bond acceptors (Lipinski definition) is 3. The molecule has 4 nitrogen and oxygen atoms in total. The Morgan fingerprint density at radius 1 is 1.31 bits per heavy atom. The molecule has 2 fully saturated rings. The fourth-order valence-electron chi connectivity index (χ4n) is 5.00. The van der Waals surface area contributed by atoms with E-state index in [-0.39, 0.29) is 17.6 Å². The summed E-state index contributed by atoms with van der Waals surface area (Å²) < 4.78 is 5.02. The number of nitrogens with zero attached hydrogens (tertiary/aromatic N) is 1. The maximum absolute atomic E-state index is 11.7. The smallest absolute Gasteiger partial charge is 0.407 e. The number of fused-ring (bicyclic) bond motifs is 4. The molecule has 1 heterocycles. The lowest BCUT2D eigenvalue weighted by atomic mass is 9.87. The normalized spacial score (nSPS) is 24.6. The van der Waals surface area contributed by atoms with Gasteiger partial charge in [-0.3, -0.25) is 4.90 Å². The minimum absolute atomic E-state index is 0.147. The predicted octanol–water partition coefficient (Wildman–Crippen LogP) is 5.42. The van der Waals surface area contributed by atoms with Crippen LogP contribution in [0.1, 0.15) is 54.3 Å². The molecule has 152 valence electrons. The first-order valence-electron chi connectivity index (χ1n) is 10.7. The lowest BCUT2D eigenvalue weighted by Gasteiger charge is -2.36. The van der Waals surface area contributed by atoms with E-state index in [9.17, 15) is 4.79 Å². The number of alkyl carbamates (subject to hydrolysis) is 1. The second-order valence-corrected chi connectivity index (χ2v) is 8.80. The Kier molecular flexibility index (Phi) is 5.00. The van der Waals surface area contributed by atoms with E-state index in [1.54, 1.807) is 0 Å². The molecular weight excluding hydrogens is 384 g/mol. The average molecular weight is 411 g/mol. The third-order valence-corrected chi connectivity index (χ3v) is 7.08. The molecule has 0 aromatic heterocycles. The molecule has 2 aliphatic carbocycles. The van der Waals surface area contributed by atoms with Crippen molar-refractivity contribution in [1.29, 1.82) is 0 Å². The Hall–Kier alpha value is -2.04. The summed E-state index contributed by atoms with van der Waals surface area (Å²) in [6.07, 6.45) is 7.36. The zero-order valence-electron chi connectivity index (χ0n) is 16.7. The lowest BCUT2D eigenvalue weighted by Crippen LogP contribution is -2.45. The predicted molar refractivity (Wildman–Crippen MR) is 117 cm³/mol. The van der Waals surface area contributed by atoms with Crippen molar-refractivity contribution >= 4 is 34.5 Å². The number of piperidine rings is 1. The number of ether oxygens (including phenoxy) is 1. The molecule has 1 amide bonds. The first kappa shape index (κ1) is 19.0. The first-order valence-corrected chi connectivity index (χ1v) is 11.1. The zero-order chi connectivity index (χ0) is 20.0. The molecular formula is C24H27ClN2O2. The van der Waals surface area contributed by atoms with Gasteiger partial charge in [0.1, 0.15) is 5.50 Å². The van der Waals surface area contributed by atoms with Gasteiger partial charge in [0.05, 0.1) is 6.61 Å². The summed E-state index contributed by atoms with van der Waals surface area (Å²) in [5.41, 5.74) is 3.95. The van der Waals surface area contributed by atoms with Crippen molar-refractivity contribution < 1.29 is 9.53 Å². The quantitative estimate of drug-likeness (QED) is 0.540. The fourth-order valence-corrected chi connectivity index (χ4v) is 5.43. The van der Waals surface area contributed by atoms with E-state index in [1.807, 2.05) is 6.92 Å². The van der Waals surface area contributed by atoms with Crippen LogP contribution < -0.4 is 5.32 Å². The van der Waals surface area contributed by atoms with E-state index in [2.05, 4.69) is 52.7 Å². The van der Waals surface area contributed by atoms with E-state index in [0.717, 1.165) is 25.9 Å². The average Bonchev–Trinajstić information content (AvgIpc) is 3.52. The molecule has 0 bridgehead atoms. The number of hydrogen-bond donors (Lipinski definition) is 1. The lowest BCUT2D eigenvalue weighted by molar-refractivity contribution is 0.134. The van der Waals surface area contributed by atoms with Gasteiger partial charge in [-0.05, 0) is 71.6 Å². The van der Waals surface area contributed by atoms with Crippen molar-refractivity contribution in [3.63, 3.8) is 0 Å². The number of rotatable bonds is 4. The van der Waals surface area contributed by atoms with Crippen LogP contribution >= 0.6 is 11.6 Å². The molecule has 5 heteroatoms. The van der Waals surface area contributed by atoms with E-state index >= 15 is 0 Å². The molecule has 1 N–H and O–H groups in total. The van der Waals surface area contributed by atoms with Crippen LogP contribution in [0.3, 0.4) is 0 Å². The van der Waals surface area contributed by atoms with Gasteiger partial charge in [0.2, 0.25) is 0 Å². The topological polar surface area (TPSA) is 41.6 Å². The van der Waals surface area contributed by atoms with Crippen molar-refractivity contribution in [1.82, 2.24) is 10.2 Å². The standard InChI is InChI=1S/C24H27ClN2O2/c1-2-29-24(28)26-18-9-11-27(12-10-18)23(25)22-19-6-4-3-5-15(19)13-17-8-7-16-14-20(16)21(17)22/h3-8,13,16,18,20,23H,2,9-12,14H2,1H3,(H,26,28). The van der Waals surface area contributed by atoms with Crippen LogP contribution in [0.2, 0.25) is 0 Å². The van der Waals surface area contributed by atoms with Gasteiger partial charge >= 0.3 is 6.09 Å². The summed E-state index contributed by atoms with van der Waals surface area (Å²) in [5, 5.41) is 5.51. The number of likely N-dealkylation sites (tertiary alicyclic amines) is 1. The molecule has 3 aliphatic rings. The summed E-state index contributed by atoms with van der Waals surface area (Å²) in [7, 11) is 0. The molecule has 1 saturated carbocycles. The van der Waals surface area contributed by atoms with Crippen LogP contribution in [-0.2, 0) is 4.74 Å². The zero-order valence-corrected chi connectivity index (χ0v) is 17.5. The fraction of sp³-hybridized carbons (Fsp3) is 0.458. The molecule has 2 aromatic rings. The van der Waals surface area contributed by atoms with Crippen LogP contribution in [0.5, 0.6) is 0 Å². The second-order valence-electron chi connectivity index (χ2n) is 8.39. The number of benzene rings is 2. The van der Waals surface area contributed by atoms with E-state index in [0.29, 0.717) is 18.4 Å². The van der Waals surface area contributed by atoms with Gasteiger partial charge in [-0.1, -0.05) is 36.4 Å². The molecule has 0 radical (unpaired) electrons. The molecule has 2 aromatic carbocycles. The highest BCUT2D eigenvalue weighted by molar-refractivity contribution is 6.22. The summed E-state index contributed by atoms with van der Waals surface area (Å²) in [6.45, 7) is 3.96. The monoisotopic (exact) mass is 410 g/mol. The van der Waals surface area contributed by atoms with Gasteiger partial charge in [-0.2, -0.15) is 0 Å². The van der Waals surface area contributed by atoms with Gasteiger partial charge in [0, 0.05) is 19.1 Å². The molecule has 1 saturated heterocycles. The summed E-state index contributed by atoms with van der Waals surface area (Å²) in [5.74, 6) is 1.31. The minimum atomic E-state index is -0.317. The number of carbonyl (C=O) groups excluding carboxylic acids is 1. The Labute approximate surface area is 176 Å². The molecule has 5 rings (SSSR count). The van der Waals surface area contributed by atoms with Crippen molar-refractivity contribution in [2.75, 3.05) is 19.7 Å². The van der Waals surface area contributed by atoms with Crippen molar-refractivity contribution in [3.05, 3.63) is 53.1 Å². The highest BCUT2D eigenvalue weighted by atomic mass is 35.5. The molecule has 0 spiro atoms. The van der Waals surface area contributed by atoms with Crippen molar-refractivity contribution in [3.8, 4) is 0 Å². The number of allylic oxidation sites excluding steroid dienone is 1. The maximum atomic E-state index is 11.7. The van der Waals surface area contributed by atoms with Gasteiger partial charge in [0.15, 0.2) is 0 Å². The first-order chi connectivity index (χ1) is 14.2. The largest absolute Gasteiger partial charge is 0.450 e. The van der Waals surface area contributed by atoms with Crippen LogP contribution in [-0.4, -0.2) is 36.7 Å². The van der Waals surface area contributed by atoms with Gasteiger partial charge in [0.25, 0.3) is 0 Å². The SMILES string of the molecule is CCOC(=O)NC1CCN(C(Cl)c2c3c(cc4ccccc24)C=CC2CC32)CC1. The van der Waals surface area contributed by atoms with E-state index < -0.39 is 0 Å². The van der Waals surface area contributed by atoms with E-state index in [4.69, 9.17) is 16.3 Å². The van der Waals surface area contributed by atoms with Crippen molar-refractivity contribution in [2.24, 2.45) is 5.92 Å². The summed E-state index contributed by atoms with van der Waals surface area (Å²) in [4.78, 5) is 14.1. The second kappa shape index (κ2) is 7.66. The highest BCUT2D eigenvalue weighted by Gasteiger charge is 2.43. The molecule has 1 aliphatic heterocycles. The Balaban J connectivity index is 1.41. The third kappa shape index (κ3) is 3.53. The van der Waals surface area contributed by atoms with Crippen LogP contribution in [0, 0.1) is 5.92 Å². The van der Waals surface area contributed by atoms with Gasteiger partial charge in [-0.15, -0.1) is 11.6 Å². The molecule has 29 heavy (non-hydrogen) atoms. The summed E-state index contributed by atoms with van der Waals surface area (Å²) in [6, 6.07) is 11.1. The van der Waals surface area contributed by atoms with Gasteiger partial charge in [-0.25, -0.2) is 4.79 Å². The van der Waals surface area contributed by atoms with Crippen LogP contribution in [0.4, 0.5) is 4.79 Å². The van der Waals surface area contributed by atoms with Crippen LogP contribution in [0.25, 0.3) is 16.8 Å². The Morgan fingerprint density at radius 2 is 2.10 bits per heavy atom. The van der Waals surface area contributed by atoms with E-state index in [1.165, 1.54) is 33.9 Å². The Bertz CT molecular complexity index is 965. The Morgan fingerprint density at radius 3 is 2.90 bits per heavy atom. The number of amides is 1. The van der Waals surface area contributed by atoms with Crippen LogP contribution in [0.15, 0.2) is 36.4 Å². The number of alkyl halides is 1. The van der Waals surface area contributed by atoms with Crippen molar-refractivity contribution in [2.45, 2.75) is 43.6 Å². The summed E-state index contributed by atoms with van der Waals surface area (Å²) >= 11 is 7.18. The maximum Gasteiger partial charge on any atom is 0.407 e. The number of halogens is 1.